The van der Waals surface area contributed by atoms with E-state index >= 15 is 0 Å². The Morgan fingerprint density at radius 1 is 0.895 bits per heavy atom. The normalized spacial score (nSPS) is 13.9. The van der Waals surface area contributed by atoms with Gasteiger partial charge >= 0.3 is 0 Å². The van der Waals surface area contributed by atoms with Crippen LogP contribution in [0.3, 0.4) is 0 Å². The van der Waals surface area contributed by atoms with Gasteiger partial charge < -0.3 is 4.57 Å². The van der Waals surface area contributed by atoms with Gasteiger partial charge in [0.15, 0.2) is 0 Å². The van der Waals surface area contributed by atoms with Gasteiger partial charge in [-0.2, -0.15) is 0 Å². The minimum absolute atomic E-state index is 0.216. The number of rotatable bonds is 2. The van der Waals surface area contributed by atoms with Crippen molar-refractivity contribution in [2.75, 3.05) is 13.3 Å². The zero-order chi connectivity index (χ0) is 15.1. The maximum atomic E-state index is 14.0. The van der Waals surface area contributed by atoms with Gasteiger partial charge in [-0.25, -0.2) is 0 Å². The molecule has 19 heavy (non-hydrogen) atoms. The van der Waals surface area contributed by atoms with Gasteiger partial charge in [-0.15, -0.1) is 0 Å². The van der Waals surface area contributed by atoms with Crippen molar-refractivity contribution in [2.24, 2.45) is 0 Å². The van der Waals surface area contributed by atoms with Crippen LogP contribution in [0.25, 0.3) is 0 Å². The summed E-state index contributed by atoms with van der Waals surface area (Å²) in [6.45, 7) is 17.2. The van der Waals surface area contributed by atoms with Crippen molar-refractivity contribution < 1.29 is 4.57 Å². The Morgan fingerprint density at radius 3 is 1.68 bits per heavy atom. The van der Waals surface area contributed by atoms with Gasteiger partial charge in [-0.05, 0) is 18.6 Å². The Bertz CT molecular complexity index is 472. The van der Waals surface area contributed by atoms with Gasteiger partial charge in [0.25, 0.3) is 0 Å². The van der Waals surface area contributed by atoms with E-state index in [1.165, 1.54) is 5.30 Å². The average molecular weight is 298 g/mol. The summed E-state index contributed by atoms with van der Waals surface area (Å²) in [5.41, 5.74) is 0. The molecule has 0 fully saturated rings. The number of benzene rings is 1. The van der Waals surface area contributed by atoms with E-state index < -0.39 is 7.14 Å². The Hall–Kier alpha value is -0.120. The van der Waals surface area contributed by atoms with Crippen molar-refractivity contribution in [3.8, 4) is 0 Å². The van der Waals surface area contributed by atoms with E-state index in [0.717, 1.165) is 5.30 Å². The fraction of sp³-hybridized carbons (Fsp3) is 0.625. The van der Waals surface area contributed by atoms with E-state index in [4.69, 9.17) is 0 Å². The van der Waals surface area contributed by atoms with Crippen LogP contribution in [-0.4, -0.2) is 23.6 Å². The van der Waals surface area contributed by atoms with E-state index in [1.54, 1.807) is 0 Å². The fourth-order valence-electron chi connectivity index (χ4n) is 2.84. The zero-order valence-electron chi connectivity index (χ0n) is 13.6. The maximum Gasteiger partial charge on any atom is 0.126 e. The van der Waals surface area contributed by atoms with Crippen LogP contribution in [-0.2, 0) is 4.57 Å². The second-order valence-electron chi connectivity index (χ2n) is 7.33. The molecular weight excluding hydrogens is 270 g/mol. The Labute approximate surface area is 120 Å². The van der Waals surface area contributed by atoms with Gasteiger partial charge in [0.2, 0.25) is 0 Å². The van der Waals surface area contributed by atoms with Crippen molar-refractivity contribution >= 4 is 25.7 Å². The summed E-state index contributed by atoms with van der Waals surface area (Å²) in [6.07, 6.45) is 0. The van der Waals surface area contributed by atoms with Gasteiger partial charge in [-0.1, -0.05) is 73.7 Å². The van der Waals surface area contributed by atoms with Gasteiger partial charge in [0.05, 0.1) is 0 Å². The van der Waals surface area contributed by atoms with Gasteiger partial charge in [0, 0.05) is 15.6 Å². The molecule has 1 rings (SSSR count). The van der Waals surface area contributed by atoms with Crippen LogP contribution in [0, 0.1) is 0 Å². The molecule has 0 radical (unpaired) electrons. The summed E-state index contributed by atoms with van der Waals surface area (Å²) in [6, 6.07) is 8.35. The van der Waals surface area contributed by atoms with Crippen LogP contribution >= 0.6 is 15.1 Å². The van der Waals surface area contributed by atoms with E-state index in [9.17, 15) is 4.57 Å². The first-order chi connectivity index (χ1) is 8.43. The highest BCUT2D eigenvalue weighted by molar-refractivity contribution is 7.77. The molecule has 1 aromatic carbocycles. The third-order valence-electron chi connectivity index (χ3n) is 3.59. The average Bonchev–Trinajstić information content (AvgIpc) is 2.24. The Balaban J connectivity index is 3.68. The highest BCUT2D eigenvalue weighted by Gasteiger charge is 2.48. The molecule has 3 heteroatoms. The molecule has 1 aromatic rings. The number of hydrogen-bond donors (Lipinski definition) is 0. The number of hydrogen-bond acceptors (Lipinski definition) is 1. The summed E-state index contributed by atoms with van der Waals surface area (Å²) in [7, 11) is -2.76. The maximum absolute atomic E-state index is 14.0. The van der Waals surface area contributed by atoms with Crippen molar-refractivity contribution in [1.82, 2.24) is 0 Å². The third-order valence-corrected chi connectivity index (χ3v) is 9.97. The zero-order valence-corrected chi connectivity index (χ0v) is 15.4. The minimum atomic E-state index is -2.51. The first kappa shape index (κ1) is 16.9. The quantitative estimate of drug-likeness (QED) is 0.727. The monoisotopic (exact) mass is 298 g/mol. The fourth-order valence-corrected chi connectivity index (χ4v) is 8.93. The molecule has 108 valence electrons. The van der Waals surface area contributed by atoms with E-state index in [2.05, 4.69) is 73.1 Å². The lowest BCUT2D eigenvalue weighted by Crippen LogP contribution is -2.39. The lowest BCUT2D eigenvalue weighted by atomic mass is 10.2. The van der Waals surface area contributed by atoms with Crippen LogP contribution in [0.4, 0.5) is 0 Å². The van der Waals surface area contributed by atoms with E-state index in [1.807, 2.05) is 6.07 Å². The molecule has 0 saturated heterocycles. The van der Waals surface area contributed by atoms with Gasteiger partial charge in [0.1, 0.15) is 7.14 Å². The third kappa shape index (κ3) is 2.98. The molecule has 0 aliphatic heterocycles. The lowest BCUT2D eigenvalue weighted by molar-refractivity contribution is 0.528. The molecule has 0 spiro atoms. The van der Waals surface area contributed by atoms with Crippen LogP contribution in [0.2, 0.25) is 0 Å². The Kier molecular flexibility index (Phi) is 4.76. The molecule has 0 bridgehead atoms. The van der Waals surface area contributed by atoms with Crippen LogP contribution in [0.1, 0.15) is 41.5 Å². The molecule has 0 heterocycles. The molecule has 0 aliphatic carbocycles. The molecule has 0 amide bonds. The highest BCUT2D eigenvalue weighted by Crippen LogP contribution is 2.65. The molecule has 0 unspecified atom stereocenters. The molecule has 0 aliphatic rings. The van der Waals surface area contributed by atoms with Crippen molar-refractivity contribution in [3.05, 3.63) is 24.3 Å². The van der Waals surface area contributed by atoms with Crippen molar-refractivity contribution in [1.29, 1.82) is 0 Å². The smallest absolute Gasteiger partial charge is 0.126 e. The molecule has 0 aromatic heterocycles. The molecule has 0 N–H and O–H groups in total. The summed E-state index contributed by atoms with van der Waals surface area (Å²) in [5.74, 6) is 0. The summed E-state index contributed by atoms with van der Waals surface area (Å²) < 4.78 is 14.0. The van der Waals surface area contributed by atoms with Gasteiger partial charge in [-0.3, -0.25) is 0 Å². The van der Waals surface area contributed by atoms with E-state index in [-0.39, 0.29) is 18.2 Å². The highest BCUT2D eigenvalue weighted by atomic mass is 31.2. The first-order valence-electron chi connectivity index (χ1n) is 6.80. The van der Waals surface area contributed by atoms with E-state index in [0.29, 0.717) is 0 Å². The summed E-state index contributed by atoms with van der Waals surface area (Å²) in [5, 5.41) is 1.97. The molecule has 0 saturated carbocycles. The van der Waals surface area contributed by atoms with Crippen LogP contribution in [0.5, 0.6) is 0 Å². The predicted molar refractivity (Wildman–Crippen MR) is 91.6 cm³/mol. The molecule has 1 nitrogen and oxygen atoms in total. The van der Waals surface area contributed by atoms with Crippen molar-refractivity contribution in [3.63, 3.8) is 0 Å². The minimum Gasteiger partial charge on any atom is -0.318 e. The van der Waals surface area contributed by atoms with Crippen molar-refractivity contribution in [2.45, 2.75) is 51.9 Å². The topological polar surface area (TPSA) is 17.1 Å². The molecule has 0 atom stereocenters. The standard InChI is InChI=1S/C16H28OP2/c1-15(2,3)19(17,16(4,5)6)14-12-10-9-11-13(14)18(7)8/h9-12H,1-8H3. The second-order valence-corrected chi connectivity index (χ2v) is 14.0. The van der Waals surface area contributed by atoms with Crippen LogP contribution in [0.15, 0.2) is 24.3 Å². The summed E-state index contributed by atoms with van der Waals surface area (Å²) in [4.78, 5) is 0. The largest absolute Gasteiger partial charge is 0.318 e. The second kappa shape index (κ2) is 5.34. The predicted octanol–water partition coefficient (Wildman–Crippen LogP) is 4.64. The molecular formula is C16H28OP2. The Morgan fingerprint density at radius 2 is 1.32 bits per heavy atom. The first-order valence-corrected chi connectivity index (χ1v) is 10.7. The SMILES string of the molecule is CP(C)c1ccccc1P(=O)(C(C)(C)C)C(C)(C)C. The van der Waals surface area contributed by atoms with Crippen LogP contribution < -0.4 is 10.6 Å². The summed E-state index contributed by atoms with van der Waals surface area (Å²) >= 11 is 0. The lowest BCUT2D eigenvalue weighted by Gasteiger charge is -2.42.